The number of likely N-dealkylation sites (N-methyl/N-ethyl adjacent to an activating group) is 1. The van der Waals surface area contributed by atoms with Crippen molar-refractivity contribution >= 4 is 29.3 Å². The lowest BCUT2D eigenvalue weighted by molar-refractivity contribution is -0.141. The molecule has 0 bridgehead atoms. The van der Waals surface area contributed by atoms with Crippen LogP contribution in [0, 0.1) is 0 Å². The number of carbonyl (C=O) groups is 4. The van der Waals surface area contributed by atoms with Crippen molar-refractivity contribution in [1.29, 1.82) is 0 Å². The number of benzene rings is 2. The summed E-state index contributed by atoms with van der Waals surface area (Å²) < 4.78 is 10.3. The molecule has 1 N–H and O–H groups in total. The quantitative estimate of drug-likeness (QED) is 0.526. The van der Waals surface area contributed by atoms with E-state index in [9.17, 15) is 19.2 Å². The van der Waals surface area contributed by atoms with Gasteiger partial charge in [-0.1, -0.05) is 0 Å². The van der Waals surface area contributed by atoms with Crippen LogP contribution in [0.15, 0.2) is 42.5 Å². The topological polar surface area (TPSA) is 102 Å². The standard InChI is InChI=1S/C22H22N2O6/c1-3-29-17-7-4-14(5-8-17)22(28)23-12-21(27)30-13-19(25)15-6-9-18-16(10-15)11-20(26)24(18)2/h4-10H,3,11-13H2,1-2H3,(H,23,28). The number of hydrogen-bond acceptors (Lipinski definition) is 6. The van der Waals surface area contributed by atoms with Gasteiger partial charge in [-0.2, -0.15) is 0 Å². The van der Waals surface area contributed by atoms with Gasteiger partial charge in [0.1, 0.15) is 12.3 Å². The first-order valence-electron chi connectivity index (χ1n) is 9.48. The van der Waals surface area contributed by atoms with Gasteiger partial charge in [-0.05, 0) is 55.0 Å². The monoisotopic (exact) mass is 410 g/mol. The Morgan fingerprint density at radius 1 is 1.07 bits per heavy atom. The third kappa shape index (κ3) is 4.83. The fraction of sp³-hybridized carbons (Fsp3) is 0.273. The van der Waals surface area contributed by atoms with Crippen LogP contribution in [-0.2, 0) is 20.7 Å². The number of rotatable bonds is 8. The van der Waals surface area contributed by atoms with E-state index in [4.69, 9.17) is 9.47 Å². The highest BCUT2D eigenvalue weighted by molar-refractivity contribution is 6.04. The molecule has 0 fully saturated rings. The number of carbonyl (C=O) groups excluding carboxylic acids is 4. The van der Waals surface area contributed by atoms with Gasteiger partial charge in [0.05, 0.1) is 13.0 Å². The van der Waals surface area contributed by atoms with Gasteiger partial charge in [0.15, 0.2) is 12.4 Å². The average molecular weight is 410 g/mol. The summed E-state index contributed by atoms with van der Waals surface area (Å²) >= 11 is 0. The lowest BCUT2D eigenvalue weighted by atomic mass is 10.1. The molecule has 8 nitrogen and oxygen atoms in total. The fourth-order valence-corrected chi connectivity index (χ4v) is 3.05. The smallest absolute Gasteiger partial charge is 0.325 e. The minimum absolute atomic E-state index is 0.0377. The zero-order valence-electron chi connectivity index (χ0n) is 16.8. The first kappa shape index (κ1) is 21.0. The van der Waals surface area contributed by atoms with E-state index in [1.165, 1.54) is 4.90 Å². The van der Waals surface area contributed by atoms with E-state index >= 15 is 0 Å². The lowest BCUT2D eigenvalue weighted by Gasteiger charge is -2.10. The number of ketones is 1. The fourth-order valence-electron chi connectivity index (χ4n) is 3.05. The molecule has 0 spiro atoms. The van der Waals surface area contributed by atoms with Crippen molar-refractivity contribution in [3.05, 3.63) is 59.2 Å². The highest BCUT2D eigenvalue weighted by Crippen LogP contribution is 2.28. The SMILES string of the molecule is CCOc1ccc(C(=O)NCC(=O)OCC(=O)c2ccc3c(c2)CC(=O)N3C)cc1. The molecule has 2 aromatic carbocycles. The summed E-state index contributed by atoms with van der Waals surface area (Å²) in [4.78, 5) is 49.5. The molecule has 8 heteroatoms. The molecule has 0 saturated carbocycles. The van der Waals surface area contributed by atoms with Gasteiger partial charge in [0.2, 0.25) is 5.91 Å². The molecule has 0 atom stereocenters. The number of nitrogens with zero attached hydrogens (tertiary/aromatic N) is 1. The summed E-state index contributed by atoms with van der Waals surface area (Å²) in [5, 5.41) is 2.45. The highest BCUT2D eigenvalue weighted by atomic mass is 16.5. The van der Waals surface area contributed by atoms with E-state index in [0.29, 0.717) is 23.5 Å². The summed E-state index contributed by atoms with van der Waals surface area (Å²) in [7, 11) is 1.68. The zero-order valence-corrected chi connectivity index (χ0v) is 16.8. The van der Waals surface area contributed by atoms with Crippen LogP contribution in [0.4, 0.5) is 5.69 Å². The van der Waals surface area contributed by atoms with Gasteiger partial charge >= 0.3 is 5.97 Å². The Hall–Kier alpha value is -3.68. The predicted molar refractivity (Wildman–Crippen MR) is 109 cm³/mol. The van der Waals surface area contributed by atoms with Gasteiger partial charge < -0.3 is 19.7 Å². The molecule has 156 valence electrons. The maximum Gasteiger partial charge on any atom is 0.325 e. The van der Waals surface area contributed by atoms with Crippen LogP contribution >= 0.6 is 0 Å². The first-order chi connectivity index (χ1) is 14.4. The normalized spacial score (nSPS) is 12.3. The summed E-state index contributed by atoms with van der Waals surface area (Å²) in [5.74, 6) is -0.933. The van der Waals surface area contributed by atoms with Crippen LogP contribution in [0.5, 0.6) is 5.75 Å². The van der Waals surface area contributed by atoms with Crippen molar-refractivity contribution in [1.82, 2.24) is 5.32 Å². The second-order valence-electron chi connectivity index (χ2n) is 6.70. The molecular weight excluding hydrogens is 388 g/mol. The second-order valence-corrected chi connectivity index (χ2v) is 6.70. The summed E-state index contributed by atoms with van der Waals surface area (Å²) in [5.41, 5.74) is 2.27. The average Bonchev–Trinajstić information content (AvgIpc) is 3.04. The highest BCUT2D eigenvalue weighted by Gasteiger charge is 2.25. The Morgan fingerprint density at radius 3 is 2.47 bits per heavy atom. The maximum atomic E-state index is 12.3. The lowest BCUT2D eigenvalue weighted by Crippen LogP contribution is -2.31. The summed E-state index contributed by atoms with van der Waals surface area (Å²) in [6, 6.07) is 11.4. The summed E-state index contributed by atoms with van der Waals surface area (Å²) in [6.45, 7) is 1.58. The molecule has 2 amide bonds. The molecule has 2 aromatic rings. The van der Waals surface area contributed by atoms with Crippen molar-refractivity contribution in [3.63, 3.8) is 0 Å². The number of nitrogens with one attached hydrogen (secondary N) is 1. The third-order valence-electron chi connectivity index (χ3n) is 4.66. The molecule has 1 aliphatic rings. The maximum absolute atomic E-state index is 12.3. The van der Waals surface area contributed by atoms with E-state index in [1.54, 1.807) is 49.5 Å². The van der Waals surface area contributed by atoms with E-state index in [2.05, 4.69) is 5.32 Å². The van der Waals surface area contributed by atoms with Gasteiger partial charge in [0, 0.05) is 23.9 Å². The predicted octanol–water partition coefficient (Wildman–Crippen LogP) is 1.76. The van der Waals surface area contributed by atoms with Crippen molar-refractivity contribution in [2.45, 2.75) is 13.3 Å². The molecule has 30 heavy (non-hydrogen) atoms. The number of esters is 1. The van der Waals surface area contributed by atoms with Crippen molar-refractivity contribution < 1.29 is 28.7 Å². The van der Waals surface area contributed by atoms with E-state index in [-0.39, 0.29) is 24.7 Å². The molecule has 0 aromatic heterocycles. The molecular formula is C22H22N2O6. The number of fused-ring (bicyclic) bond motifs is 1. The summed E-state index contributed by atoms with van der Waals surface area (Å²) in [6.07, 6.45) is 0.240. The Bertz CT molecular complexity index is 984. The third-order valence-corrected chi connectivity index (χ3v) is 4.66. The Balaban J connectivity index is 1.46. The molecule has 1 heterocycles. The van der Waals surface area contributed by atoms with E-state index in [1.807, 2.05) is 6.92 Å². The van der Waals surface area contributed by atoms with Gasteiger partial charge in [0.25, 0.3) is 5.91 Å². The Labute approximate surface area is 173 Å². The minimum Gasteiger partial charge on any atom is -0.494 e. The number of anilines is 1. The largest absolute Gasteiger partial charge is 0.494 e. The van der Waals surface area contributed by atoms with Gasteiger partial charge in [-0.15, -0.1) is 0 Å². The van der Waals surface area contributed by atoms with Crippen LogP contribution in [0.2, 0.25) is 0 Å². The van der Waals surface area contributed by atoms with Crippen molar-refractivity contribution in [3.8, 4) is 5.75 Å². The molecule has 0 radical (unpaired) electrons. The van der Waals surface area contributed by atoms with E-state index in [0.717, 1.165) is 11.3 Å². The van der Waals surface area contributed by atoms with Crippen molar-refractivity contribution in [2.75, 3.05) is 31.7 Å². The first-order valence-corrected chi connectivity index (χ1v) is 9.48. The number of amides is 2. The number of Topliss-reactive ketones (excluding diaryl/α,β-unsaturated/α-hetero) is 1. The van der Waals surface area contributed by atoms with Crippen LogP contribution in [0.3, 0.4) is 0 Å². The molecule has 3 rings (SSSR count). The van der Waals surface area contributed by atoms with Crippen LogP contribution in [0.25, 0.3) is 0 Å². The Kier molecular flexibility index (Phi) is 6.46. The van der Waals surface area contributed by atoms with E-state index < -0.39 is 18.5 Å². The minimum atomic E-state index is -0.723. The molecule has 0 aliphatic carbocycles. The van der Waals surface area contributed by atoms with Crippen LogP contribution in [0.1, 0.15) is 33.2 Å². The number of ether oxygens (including phenoxy) is 2. The molecule has 0 unspecified atom stereocenters. The molecule has 0 saturated heterocycles. The van der Waals surface area contributed by atoms with Crippen LogP contribution < -0.4 is 15.0 Å². The molecule has 1 aliphatic heterocycles. The van der Waals surface area contributed by atoms with Crippen molar-refractivity contribution in [2.24, 2.45) is 0 Å². The van der Waals surface area contributed by atoms with Crippen LogP contribution in [-0.4, -0.2) is 50.4 Å². The number of hydrogen-bond donors (Lipinski definition) is 1. The zero-order chi connectivity index (χ0) is 21.7. The van der Waals surface area contributed by atoms with Gasteiger partial charge in [-0.25, -0.2) is 0 Å². The second kappa shape index (κ2) is 9.21. The van der Waals surface area contributed by atoms with Gasteiger partial charge in [-0.3, -0.25) is 19.2 Å². The Morgan fingerprint density at radius 2 is 1.77 bits per heavy atom.